The summed E-state index contributed by atoms with van der Waals surface area (Å²) < 4.78 is 0. The van der Waals surface area contributed by atoms with Crippen molar-refractivity contribution in [1.29, 1.82) is 0 Å². The van der Waals surface area contributed by atoms with E-state index in [2.05, 4.69) is 12.1 Å². The third-order valence-corrected chi connectivity index (χ3v) is 4.11. The minimum absolute atomic E-state index is 0.173. The fourth-order valence-corrected chi connectivity index (χ4v) is 2.86. The predicted molar refractivity (Wildman–Crippen MR) is 84.2 cm³/mol. The van der Waals surface area contributed by atoms with Gasteiger partial charge in [-0.2, -0.15) is 0 Å². The average molecular weight is 278 g/mol. The lowest BCUT2D eigenvalue weighted by atomic mass is 10.0. The van der Waals surface area contributed by atoms with Crippen LogP contribution in [0.15, 0.2) is 72.1 Å². The van der Waals surface area contributed by atoms with Crippen LogP contribution in [0, 0.1) is 0 Å². The van der Waals surface area contributed by atoms with Crippen LogP contribution in [0.4, 0.5) is 0 Å². The smallest absolute Gasteiger partial charge is 0.168 e. The van der Waals surface area contributed by atoms with Gasteiger partial charge >= 0.3 is 0 Å². The highest BCUT2D eigenvalue weighted by molar-refractivity contribution is 7.10. The van der Waals surface area contributed by atoms with E-state index in [9.17, 15) is 4.79 Å². The fraction of sp³-hybridized carbons (Fsp3) is 0.0556. The summed E-state index contributed by atoms with van der Waals surface area (Å²) in [4.78, 5) is 13.3. The van der Waals surface area contributed by atoms with Crippen molar-refractivity contribution in [2.75, 3.05) is 0 Å². The Morgan fingerprint density at radius 3 is 2.15 bits per heavy atom. The zero-order chi connectivity index (χ0) is 13.8. The molecule has 2 aromatic carbocycles. The van der Waals surface area contributed by atoms with Crippen molar-refractivity contribution >= 4 is 17.1 Å². The molecule has 0 fully saturated rings. The molecule has 2 heteroatoms. The number of thiophene rings is 1. The molecule has 0 aliphatic carbocycles. The standard InChI is InChI=1S/C18H14OS/c19-18(13-17-7-4-12-20-17)16-10-8-15(9-11-16)14-5-2-1-3-6-14/h1-12H,13H2. The van der Waals surface area contributed by atoms with Crippen molar-refractivity contribution in [3.05, 3.63) is 82.6 Å². The largest absolute Gasteiger partial charge is 0.294 e. The van der Waals surface area contributed by atoms with Gasteiger partial charge in [-0.15, -0.1) is 11.3 Å². The molecular formula is C18H14OS. The highest BCUT2D eigenvalue weighted by atomic mass is 32.1. The molecule has 20 heavy (non-hydrogen) atoms. The number of ketones is 1. The molecule has 0 amide bonds. The maximum atomic E-state index is 12.2. The van der Waals surface area contributed by atoms with Crippen LogP contribution in [-0.2, 0) is 6.42 Å². The maximum absolute atomic E-state index is 12.2. The molecule has 0 spiro atoms. The van der Waals surface area contributed by atoms with Crippen LogP contribution >= 0.6 is 11.3 Å². The second-order valence-corrected chi connectivity index (χ2v) is 5.65. The first kappa shape index (κ1) is 12.8. The van der Waals surface area contributed by atoms with E-state index >= 15 is 0 Å². The molecule has 0 saturated heterocycles. The van der Waals surface area contributed by atoms with Crippen molar-refractivity contribution in [1.82, 2.24) is 0 Å². The molecule has 0 radical (unpaired) electrons. The summed E-state index contributed by atoms with van der Waals surface area (Å²) in [6.45, 7) is 0. The van der Waals surface area contributed by atoms with Crippen LogP contribution < -0.4 is 0 Å². The number of carbonyl (C=O) groups excluding carboxylic acids is 1. The number of rotatable bonds is 4. The summed E-state index contributed by atoms with van der Waals surface area (Å²) in [5.41, 5.74) is 3.08. The van der Waals surface area contributed by atoms with Gasteiger partial charge in [-0.05, 0) is 22.6 Å². The maximum Gasteiger partial charge on any atom is 0.168 e. The second kappa shape index (κ2) is 5.85. The number of benzene rings is 2. The van der Waals surface area contributed by atoms with E-state index < -0.39 is 0 Å². The molecule has 1 nitrogen and oxygen atoms in total. The van der Waals surface area contributed by atoms with E-state index in [1.807, 2.05) is 60.0 Å². The molecule has 3 rings (SSSR count). The Hall–Kier alpha value is -2.19. The zero-order valence-corrected chi connectivity index (χ0v) is 11.8. The lowest BCUT2D eigenvalue weighted by Crippen LogP contribution is -2.01. The molecule has 0 aliphatic rings. The van der Waals surface area contributed by atoms with Gasteiger partial charge in [0.15, 0.2) is 5.78 Å². The van der Waals surface area contributed by atoms with Crippen LogP contribution in [0.25, 0.3) is 11.1 Å². The normalized spacial score (nSPS) is 10.4. The number of carbonyl (C=O) groups is 1. The lowest BCUT2D eigenvalue weighted by Gasteiger charge is -2.03. The molecule has 0 bridgehead atoms. The van der Waals surface area contributed by atoms with Gasteiger partial charge in [0, 0.05) is 16.9 Å². The van der Waals surface area contributed by atoms with Crippen LogP contribution in [0.2, 0.25) is 0 Å². The molecule has 0 atom stereocenters. The Kier molecular flexibility index (Phi) is 3.75. The highest BCUT2D eigenvalue weighted by Crippen LogP contribution is 2.20. The SMILES string of the molecule is O=C(Cc1cccs1)c1ccc(-c2ccccc2)cc1. The highest BCUT2D eigenvalue weighted by Gasteiger charge is 2.08. The van der Waals surface area contributed by atoms with E-state index in [0.717, 1.165) is 16.0 Å². The zero-order valence-electron chi connectivity index (χ0n) is 11.0. The van der Waals surface area contributed by atoms with E-state index in [-0.39, 0.29) is 5.78 Å². The van der Waals surface area contributed by atoms with Crippen molar-refractivity contribution in [2.45, 2.75) is 6.42 Å². The van der Waals surface area contributed by atoms with E-state index in [1.54, 1.807) is 11.3 Å². The molecule has 0 N–H and O–H groups in total. The number of hydrogen-bond donors (Lipinski definition) is 0. The minimum Gasteiger partial charge on any atom is -0.294 e. The Balaban J connectivity index is 1.78. The molecule has 3 aromatic rings. The lowest BCUT2D eigenvalue weighted by molar-refractivity contribution is 0.0994. The van der Waals surface area contributed by atoms with E-state index in [0.29, 0.717) is 6.42 Å². The summed E-state index contributed by atoms with van der Waals surface area (Å²) in [6, 6.07) is 22.0. The molecule has 1 heterocycles. The van der Waals surface area contributed by atoms with Crippen LogP contribution in [0.5, 0.6) is 0 Å². The van der Waals surface area contributed by atoms with Crippen molar-refractivity contribution in [3.63, 3.8) is 0 Å². The summed E-state index contributed by atoms with van der Waals surface area (Å²) in [5.74, 6) is 0.173. The van der Waals surface area contributed by atoms with Crippen molar-refractivity contribution in [2.24, 2.45) is 0 Å². The molecular weight excluding hydrogens is 264 g/mol. The number of Topliss-reactive ketones (excluding diaryl/α,β-unsaturated/α-hetero) is 1. The monoisotopic (exact) mass is 278 g/mol. The van der Waals surface area contributed by atoms with E-state index in [1.165, 1.54) is 5.56 Å². The Labute approximate surface area is 122 Å². The van der Waals surface area contributed by atoms with E-state index in [4.69, 9.17) is 0 Å². The minimum atomic E-state index is 0.173. The molecule has 1 aromatic heterocycles. The predicted octanol–water partition coefficient (Wildman–Crippen LogP) is 4.84. The topological polar surface area (TPSA) is 17.1 Å². The first-order valence-electron chi connectivity index (χ1n) is 6.54. The molecule has 0 unspecified atom stereocenters. The van der Waals surface area contributed by atoms with Crippen LogP contribution in [0.1, 0.15) is 15.2 Å². The molecule has 0 saturated carbocycles. The van der Waals surface area contributed by atoms with Crippen LogP contribution in [-0.4, -0.2) is 5.78 Å². The molecule has 0 aliphatic heterocycles. The average Bonchev–Trinajstić information content (AvgIpc) is 3.01. The van der Waals surface area contributed by atoms with Gasteiger partial charge in [-0.25, -0.2) is 0 Å². The number of hydrogen-bond acceptors (Lipinski definition) is 2. The van der Waals surface area contributed by atoms with Crippen molar-refractivity contribution < 1.29 is 4.79 Å². The van der Waals surface area contributed by atoms with Gasteiger partial charge in [-0.1, -0.05) is 60.7 Å². The van der Waals surface area contributed by atoms with Crippen molar-refractivity contribution in [3.8, 4) is 11.1 Å². The Morgan fingerprint density at radius 2 is 1.50 bits per heavy atom. The van der Waals surface area contributed by atoms with Gasteiger partial charge in [0.25, 0.3) is 0 Å². The quantitative estimate of drug-likeness (QED) is 0.624. The third-order valence-electron chi connectivity index (χ3n) is 3.23. The summed E-state index contributed by atoms with van der Waals surface area (Å²) in [6.07, 6.45) is 0.488. The Morgan fingerprint density at radius 1 is 0.800 bits per heavy atom. The van der Waals surface area contributed by atoms with Gasteiger partial charge in [0.1, 0.15) is 0 Å². The van der Waals surface area contributed by atoms with Gasteiger partial charge in [0.05, 0.1) is 0 Å². The third kappa shape index (κ3) is 2.86. The second-order valence-electron chi connectivity index (χ2n) is 4.62. The fourth-order valence-electron chi connectivity index (χ4n) is 2.15. The first-order valence-corrected chi connectivity index (χ1v) is 7.42. The Bertz CT molecular complexity index is 682. The van der Waals surface area contributed by atoms with Gasteiger partial charge in [0.2, 0.25) is 0 Å². The van der Waals surface area contributed by atoms with Gasteiger partial charge < -0.3 is 0 Å². The summed E-state index contributed by atoms with van der Waals surface area (Å²) in [7, 11) is 0. The summed E-state index contributed by atoms with van der Waals surface area (Å²) in [5, 5.41) is 2.00. The summed E-state index contributed by atoms with van der Waals surface area (Å²) >= 11 is 1.63. The van der Waals surface area contributed by atoms with Crippen LogP contribution in [0.3, 0.4) is 0 Å². The molecule has 98 valence electrons. The van der Waals surface area contributed by atoms with Gasteiger partial charge in [-0.3, -0.25) is 4.79 Å². The first-order chi connectivity index (χ1) is 9.83.